The van der Waals surface area contributed by atoms with Gasteiger partial charge in [0.05, 0.1) is 37.0 Å². The molecule has 0 saturated carbocycles. The summed E-state index contributed by atoms with van der Waals surface area (Å²) >= 11 is 0. The van der Waals surface area contributed by atoms with Crippen LogP contribution in [0.15, 0.2) is 0 Å². The van der Waals surface area contributed by atoms with Gasteiger partial charge in [0.15, 0.2) is 0 Å². The number of hydrogen-bond acceptors (Lipinski definition) is 0. The number of rotatable bonds is 7. The van der Waals surface area contributed by atoms with Gasteiger partial charge in [-0.25, -0.2) is 0 Å². The van der Waals surface area contributed by atoms with E-state index in [2.05, 4.69) is 110 Å². The summed E-state index contributed by atoms with van der Waals surface area (Å²) in [4.78, 5) is 0. The second-order valence-electron chi connectivity index (χ2n) is 12.9. The van der Waals surface area contributed by atoms with Crippen LogP contribution in [0.2, 0.25) is 0 Å². The molecule has 0 rings (SSSR count). The van der Waals surface area contributed by atoms with E-state index >= 15 is 0 Å². The monoisotopic (exact) mass is 586 g/mol. The van der Waals surface area contributed by atoms with Gasteiger partial charge in [0.1, 0.15) is 0 Å². The standard InChI is InChI=1S/C22H48P2.4CO.Mo/c1-19(2,3)15-23(16-20(4,5)6)13-14-24(17-21(7,8)9)18-22(10,11)12;4*1-2;/h13-18H2,1-12H3;;;;;/q;;;;;+4/p+2. The molecule has 0 N–H and O–H groups in total. The molecule has 0 saturated heterocycles. The Labute approximate surface area is 223 Å². The van der Waals surface area contributed by atoms with Gasteiger partial charge in [-0.05, 0) is 21.7 Å². The van der Waals surface area contributed by atoms with Crippen molar-refractivity contribution in [3.63, 3.8) is 0 Å². The molecular weight excluding hydrogens is 534 g/mol. The van der Waals surface area contributed by atoms with Crippen LogP contribution in [0.1, 0.15) is 83.1 Å². The zero-order valence-corrected chi connectivity index (χ0v) is 27.3. The van der Waals surface area contributed by atoms with Crippen molar-refractivity contribution in [2.45, 2.75) is 83.1 Å². The van der Waals surface area contributed by atoms with Gasteiger partial charge in [-0.3, -0.25) is 0 Å². The SMILES string of the molecule is CC(C)(C)C[PH+](CC[PH+](CC(C)(C)C)CC(C)(C)C)CC(C)(C)C.[C-]#[O+].[C-]#[O+].[C-]#[O+].[C-]#[O+].[Mo+4]. The van der Waals surface area contributed by atoms with Gasteiger partial charge in [-0.15, -0.1) is 0 Å². The fourth-order valence-corrected chi connectivity index (χ4v) is 13.6. The fourth-order valence-electron chi connectivity index (χ4n) is 3.83. The summed E-state index contributed by atoms with van der Waals surface area (Å²) < 4.78 is 30.0. The van der Waals surface area contributed by atoms with Crippen LogP contribution in [0, 0.1) is 48.3 Å². The smallest absolute Gasteiger partial charge is 4.00 e. The van der Waals surface area contributed by atoms with E-state index in [-0.39, 0.29) is 36.9 Å². The van der Waals surface area contributed by atoms with Gasteiger partial charge >= 0.3 is 66.3 Å². The Morgan fingerprint density at radius 1 is 0.394 bits per heavy atom. The Morgan fingerprint density at radius 2 is 0.515 bits per heavy atom. The molecule has 33 heavy (non-hydrogen) atoms. The predicted octanol–water partition coefficient (Wildman–Crippen LogP) is 7.45. The molecule has 0 aliphatic rings. The third-order valence-corrected chi connectivity index (χ3v) is 12.6. The molecule has 4 nitrogen and oxygen atoms in total. The number of hydrogen-bond donors (Lipinski definition) is 0. The van der Waals surface area contributed by atoms with Gasteiger partial charge in [0, 0.05) is 15.8 Å². The molecule has 0 amide bonds. The summed E-state index contributed by atoms with van der Waals surface area (Å²) in [5.74, 6) is 0. The summed E-state index contributed by atoms with van der Waals surface area (Å²) in [6, 6.07) is 0. The molecule has 188 valence electrons. The summed E-state index contributed by atoms with van der Waals surface area (Å²) in [7, 11) is -0.477. The minimum absolute atomic E-state index is 0. The van der Waals surface area contributed by atoms with Crippen molar-refractivity contribution in [3.05, 3.63) is 26.6 Å². The van der Waals surface area contributed by atoms with Gasteiger partial charge in [-0.2, -0.15) is 0 Å². The van der Waals surface area contributed by atoms with Gasteiger partial charge in [0.2, 0.25) is 0 Å². The molecule has 0 aliphatic carbocycles. The second kappa shape index (κ2) is 24.2. The fraction of sp³-hybridized carbons (Fsp3) is 0.846. The van der Waals surface area contributed by atoms with E-state index in [0.717, 1.165) is 0 Å². The third-order valence-electron chi connectivity index (χ3n) is 3.95. The van der Waals surface area contributed by atoms with Crippen molar-refractivity contribution in [2.24, 2.45) is 21.7 Å². The average Bonchev–Trinajstić information content (AvgIpc) is 2.61. The third kappa shape index (κ3) is 46.5. The quantitative estimate of drug-likeness (QED) is 0.129. The van der Waals surface area contributed by atoms with Crippen LogP contribution in [-0.4, -0.2) is 37.0 Å². The van der Waals surface area contributed by atoms with E-state index in [1.807, 2.05) is 0 Å². The van der Waals surface area contributed by atoms with E-state index in [0.29, 0.717) is 21.7 Å². The largest absolute Gasteiger partial charge is 4.00 e. The van der Waals surface area contributed by atoms with Crippen LogP contribution in [-0.2, 0) is 39.7 Å². The topological polar surface area (TPSA) is 79.6 Å². The molecule has 0 unspecified atom stereocenters. The van der Waals surface area contributed by atoms with Gasteiger partial charge < -0.3 is 0 Å². The maximum absolute atomic E-state index is 7.50. The summed E-state index contributed by atoms with van der Waals surface area (Å²) in [5.41, 5.74) is 2.00. The molecular formula is C26H50MoO4P2+6. The first-order chi connectivity index (χ1) is 14.4. The Kier molecular flexibility index (Phi) is 34.3. The maximum atomic E-state index is 7.50. The molecule has 0 radical (unpaired) electrons. The Bertz CT molecular complexity index is 421. The molecule has 0 atom stereocenters. The van der Waals surface area contributed by atoms with Crippen LogP contribution in [0.3, 0.4) is 0 Å². The molecule has 0 aromatic rings. The minimum Gasteiger partial charge on any atom is 4.00 e. The first-order valence-electron chi connectivity index (χ1n) is 10.9. The van der Waals surface area contributed by atoms with Crippen molar-refractivity contribution in [3.8, 4) is 0 Å². The van der Waals surface area contributed by atoms with E-state index in [1.165, 1.54) is 24.6 Å². The molecule has 0 bridgehead atoms. The molecule has 0 spiro atoms. The molecule has 7 heteroatoms. The molecule has 0 aromatic carbocycles. The Hall–Kier alpha value is 0.508. The Morgan fingerprint density at radius 3 is 0.606 bits per heavy atom. The average molecular weight is 585 g/mol. The summed E-state index contributed by atoms with van der Waals surface area (Å²) in [6.45, 7) is 47.3. The van der Waals surface area contributed by atoms with Crippen LogP contribution >= 0.6 is 15.8 Å². The second-order valence-corrected chi connectivity index (χ2v) is 18.4. The minimum atomic E-state index is -0.239. The first-order valence-corrected chi connectivity index (χ1v) is 15.1. The zero-order chi connectivity index (χ0) is 27.4. The van der Waals surface area contributed by atoms with Crippen molar-refractivity contribution in [1.29, 1.82) is 0 Å². The van der Waals surface area contributed by atoms with Crippen LogP contribution in [0.5, 0.6) is 0 Å². The van der Waals surface area contributed by atoms with Crippen molar-refractivity contribution < 1.29 is 39.7 Å². The van der Waals surface area contributed by atoms with Crippen molar-refractivity contribution >= 4 is 15.8 Å². The Balaban J connectivity index is -0.000000181. The zero-order valence-electron chi connectivity index (χ0n) is 23.3. The van der Waals surface area contributed by atoms with Crippen molar-refractivity contribution in [2.75, 3.05) is 37.0 Å². The molecule has 0 fully saturated rings. The summed E-state index contributed by atoms with van der Waals surface area (Å²) in [6.07, 6.45) is 9.04. The van der Waals surface area contributed by atoms with E-state index in [9.17, 15) is 0 Å². The normalized spacial score (nSPS) is 11.0. The van der Waals surface area contributed by atoms with E-state index in [4.69, 9.17) is 18.6 Å². The van der Waals surface area contributed by atoms with Crippen LogP contribution in [0.25, 0.3) is 0 Å². The van der Waals surface area contributed by atoms with E-state index < -0.39 is 0 Å². The first kappa shape index (κ1) is 46.8. The van der Waals surface area contributed by atoms with Gasteiger partial charge in [-0.1, -0.05) is 83.1 Å². The van der Waals surface area contributed by atoms with Crippen LogP contribution < -0.4 is 0 Å². The molecule has 0 aromatic heterocycles. The summed E-state index contributed by atoms with van der Waals surface area (Å²) in [5, 5.41) is 0. The predicted molar refractivity (Wildman–Crippen MR) is 139 cm³/mol. The van der Waals surface area contributed by atoms with Gasteiger partial charge in [0.25, 0.3) is 0 Å². The van der Waals surface area contributed by atoms with Crippen molar-refractivity contribution in [1.82, 2.24) is 0 Å². The van der Waals surface area contributed by atoms with E-state index in [1.54, 1.807) is 12.3 Å². The molecule has 0 heterocycles. The maximum Gasteiger partial charge on any atom is 4.00 e. The molecule has 0 aliphatic heterocycles. The van der Waals surface area contributed by atoms with Crippen LogP contribution in [0.4, 0.5) is 0 Å².